The standard InChI is InChI=1S/C24H27N5O.BrH/c1-3-5-10-23-27-29(17-21(30)4-2)24(26)28(23)16-18-11-13-19(14-12-18)22-9-7-6-8-20(22)15-25;/h6-9,11-14,26H,3-5,10,16-17H2,1-2H3;1H. The highest BCUT2D eigenvalue weighted by Gasteiger charge is 2.23. The molecular weight excluding hydrogens is 454 g/mol. The number of nitrogens with two attached hydrogens (primary N) is 1. The quantitative estimate of drug-likeness (QED) is 0.454. The van der Waals surface area contributed by atoms with Crippen molar-refractivity contribution >= 4 is 11.7 Å². The second kappa shape index (κ2) is 11.4. The Bertz CT molecular complexity index is 1070. The van der Waals surface area contributed by atoms with Crippen molar-refractivity contribution in [2.75, 3.05) is 5.73 Å². The first-order chi connectivity index (χ1) is 14.6. The van der Waals surface area contributed by atoms with Gasteiger partial charge >= 0.3 is 5.95 Å². The van der Waals surface area contributed by atoms with Gasteiger partial charge in [-0.05, 0) is 34.3 Å². The van der Waals surface area contributed by atoms with E-state index in [1.807, 2.05) is 60.0 Å². The lowest BCUT2D eigenvalue weighted by molar-refractivity contribution is -0.682. The molecule has 6 nitrogen and oxygen atoms in total. The topological polar surface area (TPSA) is 88.6 Å². The summed E-state index contributed by atoms with van der Waals surface area (Å²) in [5.74, 6) is 1.51. The second-order valence-electron chi connectivity index (χ2n) is 7.37. The Balaban J connectivity index is 0.00000341. The number of hydrogen-bond donors (Lipinski definition) is 1. The van der Waals surface area contributed by atoms with Crippen LogP contribution in [0.15, 0.2) is 48.5 Å². The average Bonchev–Trinajstić information content (AvgIpc) is 3.07. The fourth-order valence-corrected chi connectivity index (χ4v) is 3.41. The minimum Gasteiger partial charge on any atom is -1.00 e. The lowest BCUT2D eigenvalue weighted by Gasteiger charge is -2.07. The zero-order valence-electron chi connectivity index (χ0n) is 18.0. The molecule has 0 aliphatic heterocycles. The minimum atomic E-state index is 0. The van der Waals surface area contributed by atoms with Crippen LogP contribution in [0.3, 0.4) is 0 Å². The molecule has 3 aromatic rings. The number of nitrogens with zero attached hydrogens (tertiary/aromatic N) is 4. The number of ketones is 1. The number of rotatable bonds is 9. The summed E-state index contributed by atoms with van der Waals surface area (Å²) in [7, 11) is 0. The van der Waals surface area contributed by atoms with Gasteiger partial charge in [0.1, 0.15) is 0 Å². The normalized spacial score (nSPS) is 10.4. The number of aromatic nitrogens is 3. The Morgan fingerprint density at radius 2 is 1.87 bits per heavy atom. The summed E-state index contributed by atoms with van der Waals surface area (Å²) in [4.78, 5) is 11.9. The molecule has 7 heteroatoms. The minimum absolute atomic E-state index is 0. The largest absolute Gasteiger partial charge is 1.00 e. The summed E-state index contributed by atoms with van der Waals surface area (Å²) >= 11 is 0. The Morgan fingerprint density at radius 1 is 1.16 bits per heavy atom. The third kappa shape index (κ3) is 5.80. The molecule has 0 aliphatic rings. The van der Waals surface area contributed by atoms with E-state index in [9.17, 15) is 10.1 Å². The molecule has 0 spiro atoms. The van der Waals surface area contributed by atoms with Crippen LogP contribution in [-0.2, 0) is 24.3 Å². The van der Waals surface area contributed by atoms with E-state index in [-0.39, 0.29) is 29.3 Å². The lowest BCUT2D eigenvalue weighted by Crippen LogP contribution is -3.00. The Hall–Kier alpha value is -2.98. The third-order valence-electron chi connectivity index (χ3n) is 5.22. The number of carbonyl (C=O) groups is 1. The number of nitrogen functional groups attached to an aromatic ring is 1. The van der Waals surface area contributed by atoms with Crippen molar-refractivity contribution in [3.8, 4) is 17.2 Å². The molecule has 2 N–H and O–H groups in total. The van der Waals surface area contributed by atoms with Crippen molar-refractivity contribution in [2.45, 2.75) is 52.6 Å². The van der Waals surface area contributed by atoms with Crippen LogP contribution < -0.4 is 27.3 Å². The van der Waals surface area contributed by atoms with Crippen LogP contribution in [0.1, 0.15) is 50.1 Å². The van der Waals surface area contributed by atoms with Crippen LogP contribution in [0.2, 0.25) is 0 Å². The van der Waals surface area contributed by atoms with Gasteiger partial charge in [-0.1, -0.05) is 62.7 Å². The molecule has 0 unspecified atom stereocenters. The Morgan fingerprint density at radius 3 is 2.52 bits per heavy atom. The molecule has 0 saturated carbocycles. The molecule has 0 amide bonds. The molecule has 1 heterocycles. The van der Waals surface area contributed by atoms with E-state index in [0.29, 0.717) is 24.5 Å². The van der Waals surface area contributed by atoms with E-state index in [2.05, 4.69) is 18.1 Å². The molecule has 162 valence electrons. The smallest absolute Gasteiger partial charge is 0.343 e. The van der Waals surface area contributed by atoms with Gasteiger partial charge in [-0.2, -0.15) is 5.26 Å². The van der Waals surface area contributed by atoms with Crippen LogP contribution in [0.4, 0.5) is 5.95 Å². The molecular formula is C24H28BrN5O. The molecule has 1 aromatic heterocycles. The van der Waals surface area contributed by atoms with Gasteiger partial charge in [0.15, 0.2) is 12.3 Å². The number of benzene rings is 2. The average molecular weight is 482 g/mol. The van der Waals surface area contributed by atoms with Crippen molar-refractivity contribution in [3.63, 3.8) is 0 Å². The highest BCUT2D eigenvalue weighted by Crippen LogP contribution is 2.23. The maximum absolute atomic E-state index is 11.9. The molecule has 3 rings (SSSR count). The first kappa shape index (κ1) is 24.3. The van der Waals surface area contributed by atoms with Gasteiger partial charge < -0.3 is 22.7 Å². The fourth-order valence-electron chi connectivity index (χ4n) is 3.41. The summed E-state index contributed by atoms with van der Waals surface area (Å²) in [5.41, 5.74) is 10.0. The van der Waals surface area contributed by atoms with Crippen LogP contribution in [-0.4, -0.2) is 15.6 Å². The van der Waals surface area contributed by atoms with Crippen molar-refractivity contribution < 1.29 is 26.3 Å². The van der Waals surface area contributed by atoms with Crippen molar-refractivity contribution in [1.29, 1.82) is 5.26 Å². The highest BCUT2D eigenvalue weighted by atomic mass is 79.9. The lowest BCUT2D eigenvalue weighted by atomic mass is 9.99. The van der Waals surface area contributed by atoms with Crippen molar-refractivity contribution in [3.05, 3.63) is 65.5 Å². The maximum Gasteiger partial charge on any atom is 0.343 e. The van der Waals surface area contributed by atoms with Crippen molar-refractivity contribution in [1.82, 2.24) is 9.78 Å². The monoisotopic (exact) mass is 481 g/mol. The second-order valence-corrected chi connectivity index (χ2v) is 7.37. The van der Waals surface area contributed by atoms with Gasteiger partial charge in [-0.25, -0.2) is 4.57 Å². The number of Topliss-reactive ketones (excluding diaryl/α,β-unsaturated/α-hetero) is 1. The van der Waals surface area contributed by atoms with Gasteiger partial charge in [-0.3, -0.25) is 4.79 Å². The molecule has 0 aliphatic carbocycles. The SMILES string of the molecule is CCCCc1nn(CC(=O)CC)c(N)[n+]1Cc1ccc(-c2ccccc2C#N)cc1.[Br-]. The fraction of sp³-hybridized carbons (Fsp3) is 0.333. The molecule has 0 bridgehead atoms. The van der Waals surface area contributed by atoms with E-state index >= 15 is 0 Å². The van der Waals surface area contributed by atoms with Gasteiger partial charge in [0.2, 0.25) is 5.82 Å². The maximum atomic E-state index is 11.9. The van der Waals surface area contributed by atoms with Gasteiger partial charge in [0.25, 0.3) is 0 Å². The Labute approximate surface area is 194 Å². The summed E-state index contributed by atoms with van der Waals surface area (Å²) in [6.07, 6.45) is 3.37. The zero-order chi connectivity index (χ0) is 21.5. The number of carbonyl (C=O) groups excluding carboxylic acids is 1. The summed E-state index contributed by atoms with van der Waals surface area (Å²) in [6.45, 7) is 4.78. The van der Waals surface area contributed by atoms with Gasteiger partial charge in [0, 0.05) is 12.8 Å². The van der Waals surface area contributed by atoms with E-state index in [0.717, 1.165) is 41.8 Å². The van der Waals surface area contributed by atoms with E-state index in [4.69, 9.17) is 5.73 Å². The number of aryl methyl sites for hydroxylation is 1. The summed E-state index contributed by atoms with van der Waals surface area (Å²) in [5, 5.41) is 14.0. The molecule has 0 saturated heterocycles. The molecule has 2 aromatic carbocycles. The zero-order valence-corrected chi connectivity index (χ0v) is 19.6. The number of nitriles is 1. The number of anilines is 1. The predicted octanol–water partition coefficient (Wildman–Crippen LogP) is 0.665. The van der Waals surface area contributed by atoms with E-state index in [1.165, 1.54) is 0 Å². The molecule has 0 fully saturated rings. The van der Waals surface area contributed by atoms with Crippen LogP contribution in [0.25, 0.3) is 11.1 Å². The van der Waals surface area contributed by atoms with E-state index < -0.39 is 0 Å². The van der Waals surface area contributed by atoms with Gasteiger partial charge in [0.05, 0.1) is 18.2 Å². The van der Waals surface area contributed by atoms with Crippen LogP contribution >= 0.6 is 0 Å². The third-order valence-corrected chi connectivity index (χ3v) is 5.22. The molecule has 0 atom stereocenters. The highest BCUT2D eigenvalue weighted by molar-refractivity contribution is 5.77. The molecule has 31 heavy (non-hydrogen) atoms. The van der Waals surface area contributed by atoms with E-state index in [1.54, 1.807) is 4.68 Å². The number of unbranched alkanes of at least 4 members (excludes halogenated alkanes) is 1. The first-order valence-corrected chi connectivity index (χ1v) is 10.4. The van der Waals surface area contributed by atoms with Gasteiger partial charge in [-0.15, -0.1) is 4.68 Å². The predicted molar refractivity (Wildman–Crippen MR) is 116 cm³/mol. The summed E-state index contributed by atoms with van der Waals surface area (Å²) in [6, 6.07) is 18.0. The first-order valence-electron chi connectivity index (χ1n) is 10.4. The molecule has 0 radical (unpaired) electrons. The number of halogens is 1. The van der Waals surface area contributed by atoms with Crippen LogP contribution in [0.5, 0.6) is 0 Å². The Kier molecular flexibility index (Phi) is 8.95. The van der Waals surface area contributed by atoms with Crippen molar-refractivity contribution in [2.24, 2.45) is 0 Å². The number of hydrogen-bond acceptors (Lipinski definition) is 4. The summed E-state index contributed by atoms with van der Waals surface area (Å²) < 4.78 is 3.62. The van der Waals surface area contributed by atoms with Crippen LogP contribution in [0, 0.1) is 11.3 Å².